The fourth-order valence-corrected chi connectivity index (χ4v) is 1.60. The number of benzene rings is 1. The van der Waals surface area contributed by atoms with E-state index in [0.717, 1.165) is 16.8 Å². The van der Waals surface area contributed by atoms with Crippen LogP contribution in [0.5, 0.6) is 5.75 Å². The minimum atomic E-state index is -0.782. The maximum atomic E-state index is 9.45. The first-order valence-corrected chi connectivity index (χ1v) is 4.23. The van der Waals surface area contributed by atoms with Gasteiger partial charge in [-0.05, 0) is 30.1 Å². The molecule has 4 heteroatoms. The molecule has 1 aliphatic rings. The van der Waals surface area contributed by atoms with Crippen LogP contribution in [0.15, 0.2) is 18.2 Å². The second kappa shape index (κ2) is 3.05. The van der Waals surface area contributed by atoms with E-state index in [1.54, 1.807) is 7.11 Å². The van der Waals surface area contributed by atoms with Gasteiger partial charge < -0.3 is 14.4 Å². The van der Waals surface area contributed by atoms with Crippen LogP contribution >= 0.6 is 0 Å². The van der Waals surface area contributed by atoms with Crippen LogP contribution in [0.2, 0.25) is 0 Å². The molecule has 0 spiro atoms. The zero-order valence-corrected chi connectivity index (χ0v) is 7.65. The van der Waals surface area contributed by atoms with Crippen molar-refractivity contribution in [3.05, 3.63) is 23.8 Å². The number of fused-ring (bicyclic) bond motifs is 1. The zero-order valence-electron chi connectivity index (χ0n) is 7.65. The Labute approximate surface area is 77.4 Å². The minimum Gasteiger partial charge on any atom is -0.497 e. The van der Waals surface area contributed by atoms with E-state index in [1.165, 1.54) is 0 Å². The highest BCUT2D eigenvalue weighted by atomic mass is 16.5. The Morgan fingerprint density at radius 1 is 1.54 bits per heavy atom. The summed E-state index contributed by atoms with van der Waals surface area (Å²) in [6.45, 7) is 1.91. The van der Waals surface area contributed by atoms with Crippen LogP contribution in [-0.2, 0) is 4.65 Å². The maximum absolute atomic E-state index is 9.45. The van der Waals surface area contributed by atoms with Crippen molar-refractivity contribution in [3.8, 4) is 5.75 Å². The molecule has 0 bridgehead atoms. The topological polar surface area (TPSA) is 38.7 Å². The molecule has 13 heavy (non-hydrogen) atoms. The van der Waals surface area contributed by atoms with Gasteiger partial charge in [0.25, 0.3) is 0 Å². The average molecular weight is 178 g/mol. The monoisotopic (exact) mass is 178 g/mol. The Kier molecular flexibility index (Phi) is 2.02. The Balaban J connectivity index is 2.46. The number of rotatable bonds is 1. The smallest absolute Gasteiger partial charge is 0.491 e. The molecule has 1 N–H and O–H groups in total. The number of methoxy groups -OCH3 is 1. The fraction of sp³-hybridized carbons (Fsp3) is 0.333. The summed E-state index contributed by atoms with van der Waals surface area (Å²) in [5.41, 5.74) is 1.85. The summed E-state index contributed by atoms with van der Waals surface area (Å²) in [4.78, 5) is 0. The molecule has 1 aromatic rings. The molecule has 0 saturated heterocycles. The number of hydrogen-bond donors (Lipinski definition) is 1. The summed E-state index contributed by atoms with van der Waals surface area (Å²) in [6.07, 6.45) is -0.0555. The predicted molar refractivity (Wildman–Crippen MR) is 50.1 cm³/mol. The largest absolute Gasteiger partial charge is 0.497 e. The molecule has 2 rings (SSSR count). The van der Waals surface area contributed by atoms with Crippen LogP contribution in [0.3, 0.4) is 0 Å². The van der Waals surface area contributed by atoms with Gasteiger partial charge in [0.15, 0.2) is 0 Å². The van der Waals surface area contributed by atoms with Gasteiger partial charge in [0.05, 0.1) is 13.2 Å². The molecular weight excluding hydrogens is 167 g/mol. The molecule has 1 heterocycles. The van der Waals surface area contributed by atoms with Crippen molar-refractivity contribution in [1.82, 2.24) is 0 Å². The highest BCUT2D eigenvalue weighted by Crippen LogP contribution is 2.25. The van der Waals surface area contributed by atoms with Crippen LogP contribution in [0.25, 0.3) is 0 Å². The summed E-state index contributed by atoms with van der Waals surface area (Å²) < 4.78 is 10.3. The van der Waals surface area contributed by atoms with E-state index >= 15 is 0 Å². The molecule has 68 valence electrons. The van der Waals surface area contributed by atoms with Crippen molar-refractivity contribution in [2.75, 3.05) is 7.11 Å². The van der Waals surface area contributed by atoms with E-state index in [-0.39, 0.29) is 6.10 Å². The third-order valence-corrected chi connectivity index (χ3v) is 2.33. The molecule has 0 aliphatic carbocycles. The van der Waals surface area contributed by atoms with Gasteiger partial charge >= 0.3 is 7.12 Å². The van der Waals surface area contributed by atoms with Gasteiger partial charge in [-0.25, -0.2) is 0 Å². The summed E-state index contributed by atoms with van der Waals surface area (Å²) in [5.74, 6) is 0.795. The van der Waals surface area contributed by atoms with Crippen molar-refractivity contribution < 1.29 is 14.4 Å². The van der Waals surface area contributed by atoms with E-state index in [9.17, 15) is 5.02 Å². The Bertz CT molecular complexity index is 327. The molecule has 0 aromatic heterocycles. The Morgan fingerprint density at radius 2 is 2.31 bits per heavy atom. The SMILES string of the molecule is COc1ccc2c(c1)C(C)OB2O. The van der Waals surface area contributed by atoms with Gasteiger partial charge in [-0.1, -0.05) is 6.07 Å². The van der Waals surface area contributed by atoms with Crippen LogP contribution in [0.4, 0.5) is 0 Å². The fourth-order valence-electron chi connectivity index (χ4n) is 1.60. The van der Waals surface area contributed by atoms with E-state index in [1.807, 2.05) is 25.1 Å². The van der Waals surface area contributed by atoms with Crippen LogP contribution in [0, 0.1) is 0 Å². The maximum Gasteiger partial charge on any atom is 0.491 e. The quantitative estimate of drug-likeness (QED) is 0.635. The number of hydrogen-bond acceptors (Lipinski definition) is 3. The molecule has 1 aliphatic heterocycles. The van der Waals surface area contributed by atoms with E-state index in [4.69, 9.17) is 9.39 Å². The highest BCUT2D eigenvalue weighted by molar-refractivity contribution is 6.61. The summed E-state index contributed by atoms with van der Waals surface area (Å²) in [6, 6.07) is 5.56. The second-order valence-electron chi connectivity index (χ2n) is 3.13. The average Bonchev–Trinajstić information content (AvgIpc) is 2.42. The Hall–Kier alpha value is -0.995. The first-order chi connectivity index (χ1) is 6.22. The van der Waals surface area contributed by atoms with Crippen molar-refractivity contribution in [2.24, 2.45) is 0 Å². The van der Waals surface area contributed by atoms with Crippen LogP contribution in [-0.4, -0.2) is 19.3 Å². The van der Waals surface area contributed by atoms with E-state index in [2.05, 4.69) is 0 Å². The molecule has 0 saturated carbocycles. The van der Waals surface area contributed by atoms with Gasteiger partial charge in [-0.15, -0.1) is 0 Å². The van der Waals surface area contributed by atoms with Gasteiger partial charge in [-0.3, -0.25) is 0 Å². The minimum absolute atomic E-state index is 0.0555. The first-order valence-electron chi connectivity index (χ1n) is 4.23. The molecule has 1 unspecified atom stereocenters. The summed E-state index contributed by atoms with van der Waals surface area (Å²) >= 11 is 0. The summed E-state index contributed by atoms with van der Waals surface area (Å²) in [5, 5.41) is 9.45. The number of ether oxygens (including phenoxy) is 1. The highest BCUT2D eigenvalue weighted by Gasteiger charge is 2.32. The van der Waals surface area contributed by atoms with Gasteiger partial charge in [0.2, 0.25) is 0 Å². The molecular formula is C9H11BO3. The molecule has 0 amide bonds. The Morgan fingerprint density at radius 3 is 3.00 bits per heavy atom. The lowest BCUT2D eigenvalue weighted by Crippen LogP contribution is -2.27. The van der Waals surface area contributed by atoms with Crippen molar-refractivity contribution in [3.63, 3.8) is 0 Å². The van der Waals surface area contributed by atoms with E-state index < -0.39 is 7.12 Å². The van der Waals surface area contributed by atoms with Gasteiger partial charge in [-0.2, -0.15) is 0 Å². The first kappa shape index (κ1) is 8.60. The lowest BCUT2D eigenvalue weighted by atomic mass is 9.79. The molecule has 1 atom stereocenters. The normalized spacial score (nSPS) is 20.2. The van der Waals surface area contributed by atoms with Crippen molar-refractivity contribution >= 4 is 12.6 Å². The van der Waals surface area contributed by atoms with Gasteiger partial charge in [0, 0.05) is 0 Å². The molecule has 1 aromatic carbocycles. The molecule has 3 nitrogen and oxygen atoms in total. The third-order valence-electron chi connectivity index (χ3n) is 2.33. The summed E-state index contributed by atoms with van der Waals surface area (Å²) in [7, 11) is 0.842. The molecule has 0 fully saturated rings. The predicted octanol–water partition coefficient (Wildman–Crippen LogP) is 0.474. The van der Waals surface area contributed by atoms with Gasteiger partial charge in [0.1, 0.15) is 5.75 Å². The third kappa shape index (κ3) is 1.32. The van der Waals surface area contributed by atoms with Crippen molar-refractivity contribution in [1.29, 1.82) is 0 Å². The standard InChI is InChI=1S/C9H11BO3/c1-6-8-5-7(12-2)3-4-9(8)10(11)13-6/h3-6,11H,1-2H3. The lowest BCUT2D eigenvalue weighted by Gasteiger charge is -2.05. The zero-order chi connectivity index (χ0) is 9.42. The molecule has 0 radical (unpaired) electrons. The van der Waals surface area contributed by atoms with Crippen molar-refractivity contribution in [2.45, 2.75) is 13.0 Å². The van der Waals surface area contributed by atoms with E-state index in [0.29, 0.717) is 0 Å². The van der Waals surface area contributed by atoms with Crippen LogP contribution < -0.4 is 10.2 Å². The lowest BCUT2D eigenvalue weighted by molar-refractivity contribution is 0.208. The second-order valence-corrected chi connectivity index (χ2v) is 3.13. The van der Waals surface area contributed by atoms with Crippen LogP contribution in [0.1, 0.15) is 18.6 Å².